The van der Waals surface area contributed by atoms with E-state index in [0.717, 1.165) is 11.8 Å². The van der Waals surface area contributed by atoms with Crippen LogP contribution in [0.25, 0.3) is 0 Å². The van der Waals surface area contributed by atoms with Crippen molar-refractivity contribution in [3.63, 3.8) is 0 Å². The summed E-state index contributed by atoms with van der Waals surface area (Å²) < 4.78 is 10.5. The van der Waals surface area contributed by atoms with Gasteiger partial charge in [-0.05, 0) is 26.8 Å². The van der Waals surface area contributed by atoms with Crippen LogP contribution in [0.3, 0.4) is 0 Å². The van der Waals surface area contributed by atoms with Crippen LogP contribution >= 0.6 is 0 Å². The third-order valence-corrected chi connectivity index (χ3v) is 2.89. The molecule has 5 heteroatoms. The van der Waals surface area contributed by atoms with Gasteiger partial charge in [0.1, 0.15) is 17.6 Å². The summed E-state index contributed by atoms with van der Waals surface area (Å²) in [4.78, 5) is 23.1. The highest BCUT2D eigenvalue weighted by Gasteiger charge is 2.26. The molecule has 1 amide bonds. The zero-order valence-corrected chi connectivity index (χ0v) is 13.2. The highest BCUT2D eigenvalue weighted by molar-refractivity contribution is 5.70. The molecule has 0 radical (unpaired) electrons. The summed E-state index contributed by atoms with van der Waals surface area (Å²) >= 11 is 0. The van der Waals surface area contributed by atoms with Crippen LogP contribution in [0.2, 0.25) is 0 Å². The average molecular weight is 293 g/mol. The molecule has 1 N–H and O–H groups in total. The normalized spacial score (nSPS) is 14.0. The number of alkyl carbamates (subject to hydrolysis) is 1. The monoisotopic (exact) mass is 293 g/mol. The largest absolute Gasteiger partial charge is 0.496 e. The van der Waals surface area contributed by atoms with Crippen molar-refractivity contribution in [1.29, 1.82) is 0 Å². The van der Waals surface area contributed by atoms with E-state index in [1.807, 2.05) is 18.2 Å². The number of aldehydes is 1. The molecule has 0 bridgehead atoms. The first-order valence-electron chi connectivity index (χ1n) is 6.86. The molecule has 0 heterocycles. The van der Waals surface area contributed by atoms with Gasteiger partial charge in [-0.15, -0.1) is 0 Å². The quantitative estimate of drug-likeness (QED) is 0.847. The number of benzene rings is 1. The van der Waals surface area contributed by atoms with Crippen LogP contribution in [-0.2, 0) is 9.53 Å². The molecule has 0 aliphatic carbocycles. The van der Waals surface area contributed by atoms with E-state index in [-0.39, 0.29) is 0 Å². The number of para-hydroxylation sites is 1. The molecule has 0 unspecified atom stereocenters. The first-order valence-corrected chi connectivity index (χ1v) is 6.86. The Bertz CT molecular complexity index is 493. The van der Waals surface area contributed by atoms with Gasteiger partial charge >= 0.3 is 6.09 Å². The number of ether oxygens (including phenoxy) is 2. The summed E-state index contributed by atoms with van der Waals surface area (Å²) in [5, 5.41) is 2.74. The van der Waals surface area contributed by atoms with Crippen molar-refractivity contribution >= 4 is 12.4 Å². The summed E-state index contributed by atoms with van der Waals surface area (Å²) in [6, 6.07) is 6.77. The van der Waals surface area contributed by atoms with Crippen molar-refractivity contribution in [3.05, 3.63) is 29.8 Å². The van der Waals surface area contributed by atoms with Crippen LogP contribution in [0, 0.1) is 5.92 Å². The molecule has 1 aromatic rings. The number of rotatable bonds is 5. The van der Waals surface area contributed by atoms with Crippen LogP contribution in [0.4, 0.5) is 4.79 Å². The second-order valence-electron chi connectivity index (χ2n) is 5.86. The number of carbonyl (C=O) groups excluding carboxylic acids is 2. The minimum atomic E-state index is -0.597. The van der Waals surface area contributed by atoms with Gasteiger partial charge in [0.05, 0.1) is 13.2 Å². The smallest absolute Gasteiger partial charge is 0.408 e. The molecule has 0 aromatic heterocycles. The molecule has 1 aromatic carbocycles. The van der Waals surface area contributed by atoms with Gasteiger partial charge in [0.15, 0.2) is 0 Å². The number of methoxy groups -OCH3 is 1. The zero-order chi connectivity index (χ0) is 16.0. The van der Waals surface area contributed by atoms with Gasteiger partial charge in [-0.2, -0.15) is 0 Å². The predicted octanol–water partition coefficient (Wildman–Crippen LogP) is 3.10. The van der Waals surface area contributed by atoms with Gasteiger partial charge in [-0.25, -0.2) is 4.79 Å². The molecule has 21 heavy (non-hydrogen) atoms. The van der Waals surface area contributed by atoms with Crippen LogP contribution < -0.4 is 10.1 Å². The summed E-state index contributed by atoms with van der Waals surface area (Å²) in [7, 11) is 1.55. The molecule has 0 aliphatic rings. The van der Waals surface area contributed by atoms with E-state index in [9.17, 15) is 9.59 Å². The van der Waals surface area contributed by atoms with E-state index in [1.54, 1.807) is 40.9 Å². The molecule has 0 aliphatic heterocycles. The minimum absolute atomic E-state index is 0.409. The lowest BCUT2D eigenvalue weighted by Crippen LogP contribution is -2.37. The molecule has 0 saturated heterocycles. The van der Waals surface area contributed by atoms with E-state index in [1.165, 1.54) is 0 Å². The van der Waals surface area contributed by atoms with Crippen molar-refractivity contribution < 1.29 is 19.1 Å². The Morgan fingerprint density at radius 3 is 2.43 bits per heavy atom. The second-order valence-corrected chi connectivity index (χ2v) is 5.86. The number of hydrogen-bond acceptors (Lipinski definition) is 4. The van der Waals surface area contributed by atoms with Crippen molar-refractivity contribution in [2.45, 2.75) is 39.3 Å². The Kier molecular flexibility index (Phi) is 5.76. The van der Waals surface area contributed by atoms with Gasteiger partial charge in [0, 0.05) is 11.5 Å². The van der Waals surface area contributed by atoms with Crippen LogP contribution in [-0.4, -0.2) is 25.1 Å². The maximum Gasteiger partial charge on any atom is 0.408 e. The highest BCUT2D eigenvalue weighted by atomic mass is 16.6. The highest BCUT2D eigenvalue weighted by Crippen LogP contribution is 2.29. The minimum Gasteiger partial charge on any atom is -0.496 e. The van der Waals surface area contributed by atoms with Crippen molar-refractivity contribution in [2.24, 2.45) is 5.92 Å². The Labute approximate surface area is 125 Å². The summed E-state index contributed by atoms with van der Waals surface area (Å²) in [6.07, 6.45) is 0.237. The summed E-state index contributed by atoms with van der Waals surface area (Å²) in [5.74, 6) is 0.209. The van der Waals surface area contributed by atoms with E-state index < -0.39 is 23.7 Å². The molecular weight excluding hydrogens is 270 g/mol. The molecule has 0 spiro atoms. The van der Waals surface area contributed by atoms with Gasteiger partial charge in [0.2, 0.25) is 0 Å². The molecule has 2 atom stereocenters. The fourth-order valence-corrected chi connectivity index (χ4v) is 1.93. The van der Waals surface area contributed by atoms with Crippen LogP contribution in [0.5, 0.6) is 5.75 Å². The van der Waals surface area contributed by atoms with Crippen LogP contribution in [0.15, 0.2) is 24.3 Å². The lowest BCUT2D eigenvalue weighted by molar-refractivity contribution is -0.111. The fraction of sp³-hybridized carbons (Fsp3) is 0.500. The van der Waals surface area contributed by atoms with Crippen molar-refractivity contribution in [1.82, 2.24) is 5.32 Å². The summed E-state index contributed by atoms with van der Waals surface area (Å²) in [5.41, 5.74) is 0.144. The van der Waals surface area contributed by atoms with E-state index in [4.69, 9.17) is 9.47 Å². The Morgan fingerprint density at radius 1 is 1.29 bits per heavy atom. The van der Waals surface area contributed by atoms with Crippen LogP contribution in [0.1, 0.15) is 39.3 Å². The standard InChI is InChI=1S/C16H23NO4/c1-11(10-18)14(17-15(19)21-16(2,3)4)12-8-6-7-9-13(12)20-5/h6-11,14H,1-5H3,(H,17,19)/t11-,14+/m1/s1. The van der Waals surface area contributed by atoms with Gasteiger partial charge in [0.25, 0.3) is 0 Å². The SMILES string of the molecule is COc1ccccc1[C@@H](NC(=O)OC(C)(C)C)[C@H](C)C=O. The van der Waals surface area contributed by atoms with Gasteiger partial charge in [-0.1, -0.05) is 25.1 Å². The maximum atomic E-state index is 12.0. The maximum absolute atomic E-state index is 12.0. The molecule has 0 fully saturated rings. The molecular formula is C16H23NO4. The van der Waals surface area contributed by atoms with E-state index in [0.29, 0.717) is 5.75 Å². The van der Waals surface area contributed by atoms with Gasteiger partial charge < -0.3 is 19.6 Å². The predicted molar refractivity (Wildman–Crippen MR) is 80.3 cm³/mol. The average Bonchev–Trinajstić information content (AvgIpc) is 2.42. The first kappa shape index (κ1) is 17.0. The van der Waals surface area contributed by atoms with Crippen molar-refractivity contribution in [2.75, 3.05) is 7.11 Å². The Hall–Kier alpha value is -2.04. The van der Waals surface area contributed by atoms with E-state index >= 15 is 0 Å². The van der Waals surface area contributed by atoms with E-state index in [2.05, 4.69) is 5.32 Å². The zero-order valence-electron chi connectivity index (χ0n) is 13.2. The van der Waals surface area contributed by atoms with Gasteiger partial charge in [-0.3, -0.25) is 0 Å². The lowest BCUT2D eigenvalue weighted by Gasteiger charge is -2.26. The topological polar surface area (TPSA) is 64.6 Å². The number of hydrogen-bond donors (Lipinski definition) is 1. The third-order valence-electron chi connectivity index (χ3n) is 2.89. The number of amides is 1. The Balaban J connectivity index is 3.01. The molecule has 5 nitrogen and oxygen atoms in total. The Morgan fingerprint density at radius 2 is 1.90 bits per heavy atom. The molecule has 0 saturated carbocycles. The third kappa shape index (κ3) is 5.10. The molecule has 1 rings (SSSR count). The number of nitrogens with one attached hydrogen (secondary N) is 1. The lowest BCUT2D eigenvalue weighted by atomic mass is 9.95. The first-order chi connectivity index (χ1) is 9.78. The second kappa shape index (κ2) is 7.11. The summed E-state index contributed by atoms with van der Waals surface area (Å²) in [6.45, 7) is 7.09. The number of carbonyl (C=O) groups is 2. The van der Waals surface area contributed by atoms with Crippen molar-refractivity contribution in [3.8, 4) is 5.75 Å². The molecule has 116 valence electrons. The fourth-order valence-electron chi connectivity index (χ4n) is 1.93.